The van der Waals surface area contributed by atoms with Crippen molar-refractivity contribution in [1.29, 1.82) is 5.41 Å². The fourth-order valence-corrected chi connectivity index (χ4v) is 1.06. The highest BCUT2D eigenvalue weighted by Gasteiger charge is 2.04. The standard InChI is InChI=1S/C10H11F2NO/c1-2-14-10(13)6-7-3-4-8(11)9(12)5-7/h3-5,13H,2,6H2,1H3. The Bertz CT molecular complexity index is 339. The lowest BCUT2D eigenvalue weighted by molar-refractivity contribution is 0.317. The van der Waals surface area contributed by atoms with Gasteiger partial charge in [0.15, 0.2) is 17.5 Å². The largest absolute Gasteiger partial charge is 0.481 e. The van der Waals surface area contributed by atoms with Gasteiger partial charge in [0.1, 0.15) is 0 Å². The molecule has 0 radical (unpaired) electrons. The van der Waals surface area contributed by atoms with Crippen LogP contribution in [0.4, 0.5) is 8.78 Å². The molecule has 0 spiro atoms. The smallest absolute Gasteiger partial charge is 0.184 e. The Morgan fingerprint density at radius 2 is 2.07 bits per heavy atom. The summed E-state index contributed by atoms with van der Waals surface area (Å²) in [5.41, 5.74) is 0.530. The van der Waals surface area contributed by atoms with Crippen molar-refractivity contribution < 1.29 is 13.5 Å². The van der Waals surface area contributed by atoms with Crippen molar-refractivity contribution in [2.75, 3.05) is 6.61 Å². The van der Waals surface area contributed by atoms with Crippen LogP contribution in [-0.4, -0.2) is 12.5 Å². The third-order valence-electron chi connectivity index (χ3n) is 1.67. The molecule has 0 atom stereocenters. The molecule has 0 aliphatic rings. The molecule has 2 nitrogen and oxygen atoms in total. The maximum Gasteiger partial charge on any atom is 0.184 e. The topological polar surface area (TPSA) is 33.1 Å². The molecule has 0 aliphatic carbocycles. The summed E-state index contributed by atoms with van der Waals surface area (Å²) in [6.07, 6.45) is 0.186. The molecule has 0 bridgehead atoms. The number of halogens is 2. The predicted octanol–water partition coefficient (Wildman–Crippen LogP) is 2.52. The quantitative estimate of drug-likeness (QED) is 0.589. The van der Waals surface area contributed by atoms with E-state index < -0.39 is 11.6 Å². The van der Waals surface area contributed by atoms with E-state index in [0.29, 0.717) is 12.2 Å². The van der Waals surface area contributed by atoms with Crippen LogP contribution in [0.25, 0.3) is 0 Å². The molecule has 4 heteroatoms. The Hall–Kier alpha value is -1.45. The highest BCUT2D eigenvalue weighted by molar-refractivity contribution is 5.75. The van der Waals surface area contributed by atoms with E-state index >= 15 is 0 Å². The molecule has 0 heterocycles. The van der Waals surface area contributed by atoms with Gasteiger partial charge in [-0.15, -0.1) is 0 Å². The molecule has 0 aliphatic heterocycles. The molecular weight excluding hydrogens is 188 g/mol. The van der Waals surface area contributed by atoms with Gasteiger partial charge >= 0.3 is 0 Å². The molecule has 0 aromatic heterocycles. The first-order valence-corrected chi connectivity index (χ1v) is 4.27. The van der Waals surface area contributed by atoms with Crippen LogP contribution in [-0.2, 0) is 11.2 Å². The molecule has 0 saturated carbocycles. The van der Waals surface area contributed by atoms with Gasteiger partial charge in [-0.3, -0.25) is 5.41 Å². The molecular formula is C10H11F2NO. The van der Waals surface area contributed by atoms with E-state index in [4.69, 9.17) is 10.1 Å². The molecule has 0 saturated heterocycles. The Morgan fingerprint density at radius 1 is 1.36 bits per heavy atom. The van der Waals surface area contributed by atoms with Crippen LogP contribution in [0.2, 0.25) is 0 Å². The van der Waals surface area contributed by atoms with Crippen molar-refractivity contribution in [3.63, 3.8) is 0 Å². The molecule has 0 unspecified atom stereocenters. The van der Waals surface area contributed by atoms with E-state index in [-0.39, 0.29) is 12.3 Å². The van der Waals surface area contributed by atoms with Crippen LogP contribution in [0, 0.1) is 17.0 Å². The summed E-state index contributed by atoms with van der Waals surface area (Å²) in [6.45, 7) is 2.17. The summed E-state index contributed by atoms with van der Waals surface area (Å²) in [7, 11) is 0. The minimum Gasteiger partial charge on any atom is -0.481 e. The number of benzene rings is 1. The Morgan fingerprint density at radius 3 is 2.64 bits per heavy atom. The van der Waals surface area contributed by atoms with Crippen molar-refractivity contribution in [2.24, 2.45) is 0 Å². The van der Waals surface area contributed by atoms with Crippen molar-refractivity contribution in [3.8, 4) is 0 Å². The Balaban J connectivity index is 2.68. The molecule has 1 aromatic rings. The van der Waals surface area contributed by atoms with Gasteiger partial charge in [0.2, 0.25) is 0 Å². The van der Waals surface area contributed by atoms with Gasteiger partial charge in [-0.25, -0.2) is 8.78 Å². The minimum atomic E-state index is -0.896. The number of hydrogen-bond acceptors (Lipinski definition) is 2. The molecule has 14 heavy (non-hydrogen) atoms. The van der Waals surface area contributed by atoms with Crippen LogP contribution >= 0.6 is 0 Å². The first-order valence-electron chi connectivity index (χ1n) is 4.27. The zero-order valence-electron chi connectivity index (χ0n) is 7.81. The first kappa shape index (κ1) is 10.6. The fraction of sp³-hybridized carbons (Fsp3) is 0.300. The summed E-state index contributed by atoms with van der Waals surface area (Å²) in [5, 5.41) is 7.31. The van der Waals surface area contributed by atoms with Crippen molar-refractivity contribution >= 4 is 5.90 Å². The minimum absolute atomic E-state index is 0.0542. The second kappa shape index (κ2) is 4.69. The zero-order chi connectivity index (χ0) is 10.6. The van der Waals surface area contributed by atoms with E-state index in [9.17, 15) is 8.78 Å². The van der Waals surface area contributed by atoms with Crippen LogP contribution < -0.4 is 0 Å². The van der Waals surface area contributed by atoms with E-state index in [1.54, 1.807) is 6.92 Å². The van der Waals surface area contributed by atoms with Crippen molar-refractivity contribution in [3.05, 3.63) is 35.4 Å². The van der Waals surface area contributed by atoms with Crippen LogP contribution in [0.5, 0.6) is 0 Å². The zero-order valence-corrected chi connectivity index (χ0v) is 7.81. The number of ether oxygens (including phenoxy) is 1. The number of nitrogens with one attached hydrogen (secondary N) is 1. The molecule has 0 fully saturated rings. The van der Waals surface area contributed by atoms with Crippen LogP contribution in [0.1, 0.15) is 12.5 Å². The molecule has 1 aromatic carbocycles. The van der Waals surface area contributed by atoms with Gasteiger partial charge in [0, 0.05) is 6.42 Å². The van der Waals surface area contributed by atoms with E-state index in [1.807, 2.05) is 0 Å². The summed E-state index contributed by atoms with van der Waals surface area (Å²) in [6, 6.07) is 3.55. The van der Waals surface area contributed by atoms with Gasteiger partial charge in [-0.05, 0) is 24.6 Å². The van der Waals surface area contributed by atoms with Gasteiger partial charge in [0.05, 0.1) is 6.61 Å². The molecule has 1 rings (SSSR count). The highest BCUT2D eigenvalue weighted by atomic mass is 19.2. The van der Waals surface area contributed by atoms with Gasteiger partial charge in [-0.2, -0.15) is 0 Å². The van der Waals surface area contributed by atoms with Crippen LogP contribution in [0.3, 0.4) is 0 Å². The fourth-order valence-electron chi connectivity index (χ4n) is 1.06. The lowest BCUT2D eigenvalue weighted by Crippen LogP contribution is -2.06. The van der Waals surface area contributed by atoms with Crippen LogP contribution in [0.15, 0.2) is 18.2 Å². The second-order valence-corrected chi connectivity index (χ2v) is 2.78. The molecule has 1 N–H and O–H groups in total. The summed E-state index contributed by atoms with van der Waals surface area (Å²) >= 11 is 0. The van der Waals surface area contributed by atoms with Crippen molar-refractivity contribution in [2.45, 2.75) is 13.3 Å². The van der Waals surface area contributed by atoms with Crippen molar-refractivity contribution in [1.82, 2.24) is 0 Å². The second-order valence-electron chi connectivity index (χ2n) is 2.78. The Kier molecular flexibility index (Phi) is 3.56. The van der Waals surface area contributed by atoms with Gasteiger partial charge in [-0.1, -0.05) is 6.07 Å². The monoisotopic (exact) mass is 199 g/mol. The Labute approximate surface area is 81.0 Å². The third-order valence-corrected chi connectivity index (χ3v) is 1.67. The lowest BCUT2D eigenvalue weighted by Gasteiger charge is -2.04. The summed E-state index contributed by atoms with van der Waals surface area (Å²) < 4.78 is 30.1. The number of rotatable bonds is 3. The summed E-state index contributed by atoms with van der Waals surface area (Å²) in [5.74, 6) is -1.72. The van der Waals surface area contributed by atoms with Gasteiger partial charge < -0.3 is 4.74 Å². The molecule has 76 valence electrons. The average molecular weight is 199 g/mol. The van der Waals surface area contributed by atoms with E-state index in [2.05, 4.69) is 0 Å². The lowest BCUT2D eigenvalue weighted by atomic mass is 10.1. The maximum atomic E-state index is 12.7. The summed E-state index contributed by atoms with van der Waals surface area (Å²) in [4.78, 5) is 0. The van der Waals surface area contributed by atoms with Gasteiger partial charge in [0.25, 0.3) is 0 Å². The first-order chi connectivity index (χ1) is 6.63. The maximum absolute atomic E-state index is 12.7. The third kappa shape index (κ3) is 2.80. The predicted molar refractivity (Wildman–Crippen MR) is 49.4 cm³/mol. The average Bonchev–Trinajstić information content (AvgIpc) is 2.12. The molecule has 0 amide bonds. The van der Waals surface area contributed by atoms with E-state index in [0.717, 1.165) is 12.1 Å². The van der Waals surface area contributed by atoms with E-state index in [1.165, 1.54) is 6.07 Å². The normalized spacial score (nSPS) is 9.93. The number of hydrogen-bond donors (Lipinski definition) is 1. The highest BCUT2D eigenvalue weighted by Crippen LogP contribution is 2.09. The SMILES string of the molecule is CCOC(=N)Cc1ccc(F)c(F)c1.